The van der Waals surface area contributed by atoms with Crippen molar-refractivity contribution in [1.82, 2.24) is 19.9 Å². The fourth-order valence-electron chi connectivity index (χ4n) is 4.79. The second kappa shape index (κ2) is 7.14. The van der Waals surface area contributed by atoms with Gasteiger partial charge < -0.3 is 4.57 Å². The number of carbonyl (C=O) groups excluding carboxylic acids is 1. The quantitative estimate of drug-likeness (QED) is 0.382. The van der Waals surface area contributed by atoms with Gasteiger partial charge in [0, 0.05) is 41.8 Å². The van der Waals surface area contributed by atoms with E-state index in [1.54, 1.807) is 17.7 Å². The Labute approximate surface area is 172 Å². The fourth-order valence-corrected chi connectivity index (χ4v) is 4.79. The summed E-state index contributed by atoms with van der Waals surface area (Å²) in [5, 5.41) is 9.79. The van der Waals surface area contributed by atoms with E-state index in [9.17, 15) is 13.6 Å². The predicted octanol–water partition coefficient (Wildman–Crippen LogP) is 3.61. The van der Waals surface area contributed by atoms with Gasteiger partial charge in [-0.25, -0.2) is 19.2 Å². The first-order valence-corrected chi connectivity index (χ1v) is 10.1. The van der Waals surface area contributed by atoms with Crippen LogP contribution in [0.1, 0.15) is 47.3 Å². The van der Waals surface area contributed by atoms with E-state index in [1.165, 1.54) is 37.8 Å². The molecule has 1 atom stereocenters. The molecule has 2 N–H and O–H groups in total. The molecule has 2 aromatic heterocycles. The number of fused-ring (bicyclic) bond motifs is 1. The van der Waals surface area contributed by atoms with Crippen molar-refractivity contribution in [2.24, 2.45) is 0 Å². The number of halogens is 2. The summed E-state index contributed by atoms with van der Waals surface area (Å²) < 4.78 is 29.4. The molecule has 1 aromatic carbocycles. The van der Waals surface area contributed by atoms with Gasteiger partial charge in [-0.15, -0.1) is 0 Å². The Morgan fingerprint density at radius 1 is 1.17 bits per heavy atom. The van der Waals surface area contributed by atoms with Crippen LogP contribution in [0.3, 0.4) is 0 Å². The van der Waals surface area contributed by atoms with Crippen molar-refractivity contribution in [3.05, 3.63) is 65.1 Å². The summed E-state index contributed by atoms with van der Waals surface area (Å²) in [5.41, 5.74) is 4.18. The van der Waals surface area contributed by atoms with Gasteiger partial charge in [-0.3, -0.25) is 14.9 Å². The Morgan fingerprint density at radius 2 is 1.97 bits per heavy atom. The molecule has 6 nitrogen and oxygen atoms in total. The smallest absolute Gasteiger partial charge is 0.293 e. The van der Waals surface area contributed by atoms with Crippen LogP contribution in [0.2, 0.25) is 0 Å². The maximum Gasteiger partial charge on any atom is 0.293 e. The van der Waals surface area contributed by atoms with Crippen LogP contribution in [0.5, 0.6) is 0 Å². The molecule has 3 heterocycles. The molecule has 0 bridgehead atoms. The number of nitrogens with one attached hydrogen (secondary N) is 1. The number of hydroxylamine groups is 1. The minimum atomic E-state index is -0.681. The molecule has 1 spiro atoms. The van der Waals surface area contributed by atoms with E-state index in [1.807, 2.05) is 10.8 Å². The van der Waals surface area contributed by atoms with Gasteiger partial charge in [0.1, 0.15) is 17.3 Å². The summed E-state index contributed by atoms with van der Waals surface area (Å²) in [6, 6.07) is 5.21. The summed E-state index contributed by atoms with van der Waals surface area (Å²) in [6.45, 7) is 2.03. The van der Waals surface area contributed by atoms with Gasteiger partial charge in [-0.1, -0.05) is 18.9 Å². The highest BCUT2D eigenvalue weighted by Gasteiger charge is 2.52. The maximum atomic E-state index is 14.2. The number of nitrogens with zero attached hydrogens (tertiary/aromatic N) is 3. The number of hydrogen-bond acceptors (Lipinski definition) is 4. The van der Waals surface area contributed by atoms with Crippen molar-refractivity contribution >= 4 is 16.8 Å². The predicted molar refractivity (Wildman–Crippen MR) is 106 cm³/mol. The van der Waals surface area contributed by atoms with E-state index < -0.39 is 17.5 Å². The van der Waals surface area contributed by atoms with Crippen molar-refractivity contribution in [1.29, 1.82) is 0 Å². The molecular formula is C22H22F2N4O2. The molecule has 1 aliphatic heterocycles. The Balaban J connectivity index is 1.52. The molecule has 1 unspecified atom stereocenters. The molecule has 3 aromatic rings. The topological polar surface area (TPSA) is 70.2 Å². The van der Waals surface area contributed by atoms with Crippen molar-refractivity contribution in [3.8, 4) is 0 Å². The zero-order valence-electron chi connectivity index (χ0n) is 16.4. The Bertz CT molecular complexity index is 1140. The number of amides is 1. The highest BCUT2D eigenvalue weighted by Crippen LogP contribution is 2.47. The third kappa shape index (κ3) is 3.26. The lowest BCUT2D eigenvalue weighted by atomic mass is 10.1. The van der Waals surface area contributed by atoms with Crippen LogP contribution in [0.25, 0.3) is 10.9 Å². The third-order valence-corrected chi connectivity index (χ3v) is 6.49. The molecule has 1 saturated carbocycles. The number of aromatic nitrogens is 2. The molecule has 2 fully saturated rings. The molecule has 1 aliphatic carbocycles. The van der Waals surface area contributed by atoms with Crippen LogP contribution in [0, 0.1) is 11.6 Å². The van der Waals surface area contributed by atoms with Gasteiger partial charge in [0.25, 0.3) is 5.91 Å². The van der Waals surface area contributed by atoms with Crippen molar-refractivity contribution in [2.75, 3.05) is 6.54 Å². The first-order valence-electron chi connectivity index (χ1n) is 10.1. The van der Waals surface area contributed by atoms with E-state index in [0.29, 0.717) is 11.1 Å². The zero-order valence-corrected chi connectivity index (χ0v) is 16.4. The molecule has 30 heavy (non-hydrogen) atoms. The Morgan fingerprint density at radius 3 is 2.70 bits per heavy atom. The van der Waals surface area contributed by atoms with Crippen LogP contribution in [-0.4, -0.2) is 37.6 Å². The molecule has 0 radical (unpaired) electrons. The summed E-state index contributed by atoms with van der Waals surface area (Å²) in [6.07, 6.45) is 8.45. The van der Waals surface area contributed by atoms with Gasteiger partial charge in [-0.05, 0) is 30.5 Å². The van der Waals surface area contributed by atoms with Gasteiger partial charge in [-0.2, -0.15) is 0 Å². The largest absolute Gasteiger partial charge is 0.341 e. The molecular weight excluding hydrogens is 390 g/mol. The van der Waals surface area contributed by atoms with E-state index in [0.717, 1.165) is 35.6 Å². The molecule has 1 saturated heterocycles. The van der Waals surface area contributed by atoms with E-state index in [-0.39, 0.29) is 12.2 Å². The first kappa shape index (κ1) is 19.1. The second-order valence-electron chi connectivity index (χ2n) is 8.33. The Kier molecular flexibility index (Phi) is 4.56. The van der Waals surface area contributed by atoms with Crippen molar-refractivity contribution in [2.45, 2.75) is 44.3 Å². The van der Waals surface area contributed by atoms with Gasteiger partial charge in [0.05, 0.1) is 18.3 Å². The summed E-state index contributed by atoms with van der Waals surface area (Å²) in [7, 11) is 0. The van der Waals surface area contributed by atoms with Crippen molar-refractivity contribution in [3.63, 3.8) is 0 Å². The summed E-state index contributed by atoms with van der Waals surface area (Å²) in [5.74, 6) is -1.89. The number of rotatable bonds is 5. The monoisotopic (exact) mass is 412 g/mol. The molecule has 8 heteroatoms. The highest BCUT2D eigenvalue weighted by molar-refractivity contribution is 5.96. The molecule has 2 aliphatic rings. The standard InChI is InChI=1S/C22H22F2N4O2/c23-16-4-3-14(18(24)7-16)10-27-11-15(12-28-13-22(28)5-1-2-6-22)17-8-19(21(29)26-30)25-9-20(17)27/h3-4,7-9,11,30H,1-2,5-6,10,12-13H2,(H,26,29). The van der Waals surface area contributed by atoms with E-state index in [2.05, 4.69) is 9.88 Å². The minimum absolute atomic E-state index is 0.110. The highest BCUT2D eigenvalue weighted by atomic mass is 19.1. The third-order valence-electron chi connectivity index (χ3n) is 6.49. The molecule has 1 amide bonds. The minimum Gasteiger partial charge on any atom is -0.341 e. The van der Waals surface area contributed by atoms with Crippen LogP contribution in [0.4, 0.5) is 8.78 Å². The zero-order chi connectivity index (χ0) is 20.9. The molecule has 5 rings (SSSR count). The van der Waals surface area contributed by atoms with Crippen LogP contribution in [-0.2, 0) is 13.1 Å². The number of benzene rings is 1. The second-order valence-corrected chi connectivity index (χ2v) is 8.33. The van der Waals surface area contributed by atoms with Gasteiger partial charge in [0.15, 0.2) is 0 Å². The van der Waals surface area contributed by atoms with Gasteiger partial charge >= 0.3 is 0 Å². The number of pyridine rings is 1. The average Bonchev–Trinajstić information content (AvgIpc) is 3.04. The van der Waals surface area contributed by atoms with Gasteiger partial charge in [0.2, 0.25) is 0 Å². The van der Waals surface area contributed by atoms with Crippen molar-refractivity contribution < 1.29 is 18.8 Å². The van der Waals surface area contributed by atoms with Crippen LogP contribution >= 0.6 is 0 Å². The lowest BCUT2D eigenvalue weighted by molar-refractivity contribution is 0.0701. The SMILES string of the molecule is O=C(NO)c1cc2c(CN3CC34CCCC4)cn(Cc3ccc(F)cc3F)c2cn1. The lowest BCUT2D eigenvalue weighted by Crippen LogP contribution is -2.19. The normalized spacial score (nSPS) is 19.5. The van der Waals surface area contributed by atoms with Crippen LogP contribution in [0.15, 0.2) is 36.7 Å². The summed E-state index contributed by atoms with van der Waals surface area (Å²) >= 11 is 0. The maximum absolute atomic E-state index is 14.2. The Hall–Kier alpha value is -2.84. The van der Waals surface area contributed by atoms with E-state index >= 15 is 0 Å². The fraction of sp³-hybridized carbons (Fsp3) is 0.364. The average molecular weight is 412 g/mol. The number of carbonyl (C=O) groups is 1. The van der Waals surface area contributed by atoms with Crippen LogP contribution < -0.4 is 5.48 Å². The molecule has 156 valence electrons. The number of hydrogen-bond donors (Lipinski definition) is 2. The first-order chi connectivity index (χ1) is 14.5. The lowest BCUT2D eigenvalue weighted by Gasteiger charge is -2.09. The summed E-state index contributed by atoms with van der Waals surface area (Å²) in [4.78, 5) is 18.4. The van der Waals surface area contributed by atoms with E-state index in [4.69, 9.17) is 5.21 Å².